The van der Waals surface area contributed by atoms with E-state index in [4.69, 9.17) is 0 Å². The monoisotopic (exact) mass is 219 g/mol. The van der Waals surface area contributed by atoms with Crippen molar-refractivity contribution in [2.24, 2.45) is 0 Å². The number of hydrogen-bond acceptors (Lipinski definition) is 1. The SMILES string of the molecule is C=C(C)CNC1CC(c2ccccc2F)C1. The van der Waals surface area contributed by atoms with Crippen LogP contribution in [0.5, 0.6) is 0 Å². The predicted molar refractivity (Wildman–Crippen MR) is 65.0 cm³/mol. The van der Waals surface area contributed by atoms with Gasteiger partial charge in [0.05, 0.1) is 0 Å². The molecule has 1 aliphatic carbocycles. The van der Waals surface area contributed by atoms with E-state index < -0.39 is 0 Å². The van der Waals surface area contributed by atoms with Crippen LogP contribution >= 0.6 is 0 Å². The molecule has 0 saturated heterocycles. The number of rotatable bonds is 4. The van der Waals surface area contributed by atoms with Crippen molar-refractivity contribution in [3.05, 3.63) is 47.8 Å². The zero-order valence-corrected chi connectivity index (χ0v) is 9.67. The first-order chi connectivity index (χ1) is 7.66. The maximum Gasteiger partial charge on any atom is 0.126 e. The molecule has 1 aromatic carbocycles. The summed E-state index contributed by atoms with van der Waals surface area (Å²) in [6.45, 7) is 6.74. The van der Waals surface area contributed by atoms with Crippen molar-refractivity contribution in [1.82, 2.24) is 5.32 Å². The maximum absolute atomic E-state index is 13.5. The van der Waals surface area contributed by atoms with Gasteiger partial charge in [0.1, 0.15) is 5.82 Å². The maximum atomic E-state index is 13.5. The predicted octanol–water partition coefficient (Wildman–Crippen LogP) is 3.24. The van der Waals surface area contributed by atoms with Crippen LogP contribution in [0.4, 0.5) is 4.39 Å². The highest BCUT2D eigenvalue weighted by Gasteiger charge is 2.31. The summed E-state index contributed by atoms with van der Waals surface area (Å²) < 4.78 is 13.5. The van der Waals surface area contributed by atoms with Crippen LogP contribution in [0.25, 0.3) is 0 Å². The molecule has 0 amide bonds. The Morgan fingerprint density at radius 1 is 1.44 bits per heavy atom. The lowest BCUT2D eigenvalue weighted by Gasteiger charge is -2.36. The van der Waals surface area contributed by atoms with Gasteiger partial charge >= 0.3 is 0 Å². The first kappa shape index (κ1) is 11.3. The summed E-state index contributed by atoms with van der Waals surface area (Å²) in [5.41, 5.74) is 2.02. The Balaban J connectivity index is 1.84. The molecule has 0 bridgehead atoms. The van der Waals surface area contributed by atoms with E-state index in [1.807, 2.05) is 19.1 Å². The molecule has 0 spiro atoms. The van der Waals surface area contributed by atoms with Crippen LogP contribution in [-0.2, 0) is 0 Å². The Morgan fingerprint density at radius 3 is 2.75 bits per heavy atom. The van der Waals surface area contributed by atoms with Crippen molar-refractivity contribution in [3.63, 3.8) is 0 Å². The summed E-state index contributed by atoms with van der Waals surface area (Å²) in [5.74, 6) is 0.328. The van der Waals surface area contributed by atoms with E-state index in [9.17, 15) is 4.39 Å². The van der Waals surface area contributed by atoms with E-state index in [2.05, 4.69) is 11.9 Å². The molecular weight excluding hydrogens is 201 g/mol. The lowest BCUT2D eigenvalue weighted by Crippen LogP contribution is -2.40. The molecule has 2 heteroatoms. The molecule has 0 heterocycles. The number of halogens is 1. The molecule has 0 unspecified atom stereocenters. The molecule has 2 rings (SSSR count). The van der Waals surface area contributed by atoms with Gasteiger partial charge in [-0.05, 0) is 37.3 Å². The third-order valence-corrected chi connectivity index (χ3v) is 3.18. The molecule has 1 nitrogen and oxygen atoms in total. The van der Waals surface area contributed by atoms with E-state index in [0.29, 0.717) is 12.0 Å². The van der Waals surface area contributed by atoms with Crippen LogP contribution < -0.4 is 5.32 Å². The Hall–Kier alpha value is -1.15. The minimum atomic E-state index is -0.0640. The van der Waals surface area contributed by atoms with Crippen molar-refractivity contribution in [3.8, 4) is 0 Å². The zero-order valence-electron chi connectivity index (χ0n) is 9.67. The number of benzene rings is 1. The molecule has 0 aromatic heterocycles. The molecule has 0 aliphatic heterocycles. The fraction of sp³-hybridized carbons (Fsp3) is 0.429. The summed E-state index contributed by atoms with van der Waals surface area (Å²) in [6.07, 6.45) is 2.07. The van der Waals surface area contributed by atoms with Crippen LogP contribution in [0.1, 0.15) is 31.2 Å². The fourth-order valence-corrected chi connectivity index (χ4v) is 2.16. The molecule has 16 heavy (non-hydrogen) atoms. The standard InChI is InChI=1S/C14H18FN/c1-10(2)9-16-12-7-11(8-12)13-5-3-4-6-14(13)15/h3-6,11-12,16H,1,7-9H2,2H3. The lowest BCUT2D eigenvalue weighted by atomic mass is 9.75. The molecule has 1 aromatic rings. The van der Waals surface area contributed by atoms with Crippen LogP contribution in [0.15, 0.2) is 36.4 Å². The minimum absolute atomic E-state index is 0.0640. The molecule has 1 N–H and O–H groups in total. The number of hydrogen-bond donors (Lipinski definition) is 1. The second-order valence-corrected chi connectivity index (χ2v) is 4.72. The number of nitrogens with one attached hydrogen (secondary N) is 1. The van der Waals surface area contributed by atoms with Crippen molar-refractivity contribution in [2.75, 3.05) is 6.54 Å². The van der Waals surface area contributed by atoms with Gasteiger partial charge in [0.15, 0.2) is 0 Å². The Labute approximate surface area is 96.4 Å². The first-order valence-corrected chi connectivity index (χ1v) is 5.79. The Morgan fingerprint density at radius 2 is 2.12 bits per heavy atom. The summed E-state index contributed by atoms with van der Waals surface area (Å²) in [5, 5.41) is 3.42. The van der Waals surface area contributed by atoms with E-state index in [0.717, 1.165) is 30.5 Å². The minimum Gasteiger partial charge on any atom is -0.310 e. The van der Waals surface area contributed by atoms with Gasteiger partial charge < -0.3 is 5.32 Å². The van der Waals surface area contributed by atoms with Crippen LogP contribution in [0, 0.1) is 5.82 Å². The van der Waals surface area contributed by atoms with Gasteiger partial charge in [0.25, 0.3) is 0 Å². The van der Waals surface area contributed by atoms with Gasteiger partial charge in [0, 0.05) is 12.6 Å². The van der Waals surface area contributed by atoms with Crippen molar-refractivity contribution in [1.29, 1.82) is 0 Å². The average Bonchev–Trinajstić information content (AvgIpc) is 2.17. The molecular formula is C14H18FN. The molecule has 86 valence electrons. The van der Waals surface area contributed by atoms with Gasteiger partial charge in [-0.25, -0.2) is 4.39 Å². The lowest BCUT2D eigenvalue weighted by molar-refractivity contribution is 0.292. The van der Waals surface area contributed by atoms with E-state index in [-0.39, 0.29) is 5.82 Å². The summed E-state index contributed by atoms with van der Waals surface area (Å²) >= 11 is 0. The molecule has 1 aliphatic rings. The third-order valence-electron chi connectivity index (χ3n) is 3.18. The van der Waals surface area contributed by atoms with E-state index in [1.54, 1.807) is 12.1 Å². The molecule has 1 saturated carbocycles. The second kappa shape index (κ2) is 4.79. The van der Waals surface area contributed by atoms with Crippen molar-refractivity contribution < 1.29 is 4.39 Å². The van der Waals surface area contributed by atoms with E-state index in [1.165, 1.54) is 0 Å². The van der Waals surface area contributed by atoms with Crippen LogP contribution in [-0.4, -0.2) is 12.6 Å². The molecule has 1 fully saturated rings. The summed E-state index contributed by atoms with van der Waals surface area (Å²) in [6, 6.07) is 7.63. The average molecular weight is 219 g/mol. The zero-order chi connectivity index (χ0) is 11.5. The highest BCUT2D eigenvalue weighted by Crippen LogP contribution is 2.37. The normalized spacial score (nSPS) is 23.9. The highest BCUT2D eigenvalue weighted by molar-refractivity contribution is 5.24. The smallest absolute Gasteiger partial charge is 0.126 e. The summed E-state index contributed by atoms with van der Waals surface area (Å²) in [7, 11) is 0. The Kier molecular flexibility index (Phi) is 3.39. The van der Waals surface area contributed by atoms with Crippen molar-refractivity contribution >= 4 is 0 Å². The van der Waals surface area contributed by atoms with Gasteiger partial charge in [-0.2, -0.15) is 0 Å². The quantitative estimate of drug-likeness (QED) is 0.767. The topological polar surface area (TPSA) is 12.0 Å². The van der Waals surface area contributed by atoms with Gasteiger partial charge in [0.2, 0.25) is 0 Å². The Bertz CT molecular complexity index is 380. The van der Waals surface area contributed by atoms with Gasteiger partial charge in [-0.1, -0.05) is 30.4 Å². The van der Waals surface area contributed by atoms with Crippen LogP contribution in [0.3, 0.4) is 0 Å². The highest BCUT2D eigenvalue weighted by atomic mass is 19.1. The van der Waals surface area contributed by atoms with Gasteiger partial charge in [-0.3, -0.25) is 0 Å². The fourth-order valence-electron chi connectivity index (χ4n) is 2.16. The van der Waals surface area contributed by atoms with Crippen molar-refractivity contribution in [2.45, 2.75) is 31.7 Å². The summed E-state index contributed by atoms with van der Waals surface area (Å²) in [4.78, 5) is 0. The van der Waals surface area contributed by atoms with Crippen LogP contribution in [0.2, 0.25) is 0 Å². The second-order valence-electron chi connectivity index (χ2n) is 4.72. The van der Waals surface area contributed by atoms with Gasteiger partial charge in [-0.15, -0.1) is 0 Å². The molecule has 0 atom stereocenters. The molecule has 0 radical (unpaired) electrons. The first-order valence-electron chi connectivity index (χ1n) is 5.79. The van der Waals surface area contributed by atoms with E-state index >= 15 is 0 Å². The third kappa shape index (κ3) is 2.50. The largest absolute Gasteiger partial charge is 0.310 e.